The van der Waals surface area contributed by atoms with Crippen LogP contribution in [0.1, 0.15) is 11.1 Å². The average Bonchev–Trinajstić information content (AvgIpc) is 2.09. The van der Waals surface area contributed by atoms with Crippen LogP contribution in [0.4, 0.5) is 8.78 Å². The van der Waals surface area contributed by atoms with Crippen molar-refractivity contribution >= 4 is 15.9 Å². The van der Waals surface area contributed by atoms with Gasteiger partial charge in [0.05, 0.1) is 10.9 Å². The summed E-state index contributed by atoms with van der Waals surface area (Å²) >= 11 is 3.09. The Morgan fingerprint density at radius 1 is 1.31 bits per heavy atom. The molecule has 1 rings (SSSR count). The second-order valence-electron chi connectivity index (χ2n) is 2.52. The first-order valence-corrected chi connectivity index (χ1v) is 4.77. The van der Waals surface area contributed by atoms with E-state index in [0.29, 0.717) is 10.9 Å². The monoisotopic (exact) mass is 244 g/mol. The van der Waals surface area contributed by atoms with E-state index in [-0.39, 0.29) is 5.56 Å². The average molecular weight is 245 g/mol. The van der Waals surface area contributed by atoms with E-state index in [1.807, 2.05) is 0 Å². The van der Waals surface area contributed by atoms with Gasteiger partial charge in [0.25, 0.3) is 0 Å². The van der Waals surface area contributed by atoms with Gasteiger partial charge in [0, 0.05) is 6.07 Å². The molecule has 3 heteroatoms. The summed E-state index contributed by atoms with van der Waals surface area (Å²) in [6.45, 7) is 1.58. The quantitative estimate of drug-likeness (QED) is 0.486. The molecule has 1 aromatic carbocycles. The van der Waals surface area contributed by atoms with E-state index < -0.39 is 11.6 Å². The van der Waals surface area contributed by atoms with E-state index in [2.05, 4.69) is 27.8 Å². The number of aryl methyl sites for hydroxylation is 1. The van der Waals surface area contributed by atoms with Gasteiger partial charge in [-0.15, -0.1) is 0 Å². The first-order chi connectivity index (χ1) is 6.15. The van der Waals surface area contributed by atoms with Crippen molar-refractivity contribution in [3.8, 4) is 11.8 Å². The van der Waals surface area contributed by atoms with Crippen molar-refractivity contribution in [2.24, 2.45) is 0 Å². The number of hydrogen-bond acceptors (Lipinski definition) is 0. The molecule has 68 valence electrons. The first kappa shape index (κ1) is 10.2. The van der Waals surface area contributed by atoms with Gasteiger partial charge in [0.2, 0.25) is 0 Å². The highest BCUT2D eigenvalue weighted by Crippen LogP contribution is 2.12. The van der Waals surface area contributed by atoms with Crippen molar-refractivity contribution in [2.45, 2.75) is 6.92 Å². The first-order valence-electron chi connectivity index (χ1n) is 3.65. The van der Waals surface area contributed by atoms with E-state index in [0.717, 1.165) is 6.07 Å². The third-order valence-corrected chi connectivity index (χ3v) is 1.82. The largest absolute Gasteiger partial charge is 0.207 e. The molecule has 0 aliphatic carbocycles. The molecule has 0 unspecified atom stereocenters. The highest BCUT2D eigenvalue weighted by Gasteiger charge is 2.04. The molecule has 0 aliphatic rings. The van der Waals surface area contributed by atoms with Crippen LogP contribution in [0.25, 0.3) is 0 Å². The summed E-state index contributed by atoms with van der Waals surface area (Å²) in [4.78, 5) is 0. The van der Waals surface area contributed by atoms with Crippen molar-refractivity contribution in [1.29, 1.82) is 0 Å². The van der Waals surface area contributed by atoms with Crippen LogP contribution < -0.4 is 0 Å². The van der Waals surface area contributed by atoms with Gasteiger partial charge in [-0.1, -0.05) is 27.8 Å². The van der Waals surface area contributed by atoms with Crippen LogP contribution in [-0.4, -0.2) is 5.33 Å². The second kappa shape index (κ2) is 4.38. The topological polar surface area (TPSA) is 0 Å². The van der Waals surface area contributed by atoms with Crippen LogP contribution in [-0.2, 0) is 0 Å². The molecule has 0 aromatic heterocycles. The summed E-state index contributed by atoms with van der Waals surface area (Å²) in [7, 11) is 0. The number of rotatable bonds is 0. The van der Waals surface area contributed by atoms with Crippen molar-refractivity contribution in [2.75, 3.05) is 5.33 Å². The Hall–Kier alpha value is -0.880. The van der Waals surface area contributed by atoms with Gasteiger partial charge in [-0.05, 0) is 18.6 Å². The molecule has 0 atom stereocenters. The highest BCUT2D eigenvalue weighted by molar-refractivity contribution is 9.09. The zero-order chi connectivity index (χ0) is 9.84. The summed E-state index contributed by atoms with van der Waals surface area (Å²) < 4.78 is 25.8. The molecule has 0 saturated carbocycles. The fourth-order valence-corrected chi connectivity index (χ4v) is 1.02. The molecule has 0 fully saturated rings. The Bertz CT molecular complexity index is 374. The summed E-state index contributed by atoms with van der Waals surface area (Å²) in [6, 6.07) is 2.26. The van der Waals surface area contributed by atoms with E-state index in [1.54, 1.807) is 6.92 Å². The van der Waals surface area contributed by atoms with Crippen molar-refractivity contribution in [3.63, 3.8) is 0 Å². The molecule has 1 aromatic rings. The molecule has 0 radical (unpaired) electrons. The molecule has 0 saturated heterocycles. The minimum absolute atomic E-state index is 0.235. The van der Waals surface area contributed by atoms with Gasteiger partial charge in [0.15, 0.2) is 0 Å². The lowest BCUT2D eigenvalue weighted by atomic mass is 10.1. The van der Waals surface area contributed by atoms with Gasteiger partial charge in [-0.25, -0.2) is 8.78 Å². The summed E-state index contributed by atoms with van der Waals surface area (Å²) in [6.07, 6.45) is 0. The molecule has 13 heavy (non-hydrogen) atoms. The minimum atomic E-state index is -0.614. The lowest BCUT2D eigenvalue weighted by Crippen LogP contribution is -1.90. The molecule has 0 heterocycles. The fraction of sp³-hybridized carbons (Fsp3) is 0.200. The van der Waals surface area contributed by atoms with Gasteiger partial charge in [-0.2, -0.15) is 0 Å². The van der Waals surface area contributed by atoms with E-state index in [4.69, 9.17) is 0 Å². The Labute approximate surface area is 84.1 Å². The summed E-state index contributed by atoms with van der Waals surface area (Å²) in [5, 5.41) is 0.475. The van der Waals surface area contributed by atoms with E-state index in [1.165, 1.54) is 6.07 Å². The SMILES string of the molecule is Cc1cc(C#CCBr)c(F)cc1F. The normalized spacial score (nSPS) is 9.23. The molecule has 0 N–H and O–H groups in total. The third kappa shape index (κ3) is 2.53. The number of halogens is 3. The van der Waals surface area contributed by atoms with Gasteiger partial charge >= 0.3 is 0 Å². The lowest BCUT2D eigenvalue weighted by molar-refractivity contribution is 0.575. The fourth-order valence-electron chi connectivity index (χ4n) is 0.882. The van der Waals surface area contributed by atoms with Gasteiger partial charge in [0.1, 0.15) is 11.6 Å². The summed E-state index contributed by atoms with van der Waals surface area (Å²) in [5.74, 6) is 4.09. The third-order valence-electron chi connectivity index (χ3n) is 1.54. The van der Waals surface area contributed by atoms with Crippen LogP contribution in [0.3, 0.4) is 0 Å². The maximum absolute atomic E-state index is 13.0. The molecule has 0 amide bonds. The number of benzene rings is 1. The molecule has 0 bridgehead atoms. The Balaban J connectivity index is 3.16. The predicted octanol–water partition coefficient (Wildman–Crippen LogP) is 3.02. The molecular formula is C10H7BrF2. The maximum atomic E-state index is 13.0. The number of hydrogen-bond donors (Lipinski definition) is 0. The summed E-state index contributed by atoms with van der Waals surface area (Å²) in [5.41, 5.74) is 0.638. The van der Waals surface area contributed by atoms with Gasteiger partial charge < -0.3 is 0 Å². The Kier molecular flexibility index (Phi) is 3.44. The smallest absolute Gasteiger partial charge is 0.141 e. The highest BCUT2D eigenvalue weighted by atomic mass is 79.9. The molecule has 0 nitrogen and oxygen atoms in total. The van der Waals surface area contributed by atoms with Crippen LogP contribution in [0, 0.1) is 30.4 Å². The van der Waals surface area contributed by atoms with Crippen LogP contribution in [0.5, 0.6) is 0 Å². The standard InChI is InChI=1S/C10H7BrF2/c1-7-5-8(3-2-4-11)10(13)6-9(7)12/h5-6H,4H2,1H3. The number of alkyl halides is 1. The van der Waals surface area contributed by atoms with Crippen LogP contribution >= 0.6 is 15.9 Å². The minimum Gasteiger partial charge on any atom is -0.207 e. The predicted molar refractivity (Wildman–Crippen MR) is 51.8 cm³/mol. The van der Waals surface area contributed by atoms with Crippen LogP contribution in [0.15, 0.2) is 12.1 Å². The van der Waals surface area contributed by atoms with E-state index >= 15 is 0 Å². The van der Waals surface area contributed by atoms with Crippen LogP contribution in [0.2, 0.25) is 0 Å². The molecule has 0 aliphatic heterocycles. The Morgan fingerprint density at radius 3 is 2.62 bits per heavy atom. The zero-order valence-corrected chi connectivity index (χ0v) is 8.58. The van der Waals surface area contributed by atoms with E-state index in [9.17, 15) is 8.78 Å². The van der Waals surface area contributed by atoms with Crippen molar-refractivity contribution < 1.29 is 8.78 Å². The maximum Gasteiger partial charge on any atom is 0.141 e. The zero-order valence-electron chi connectivity index (χ0n) is 7.00. The second-order valence-corrected chi connectivity index (χ2v) is 3.08. The Morgan fingerprint density at radius 2 is 2.00 bits per heavy atom. The van der Waals surface area contributed by atoms with Crippen molar-refractivity contribution in [3.05, 3.63) is 34.9 Å². The van der Waals surface area contributed by atoms with Crippen molar-refractivity contribution in [1.82, 2.24) is 0 Å². The molecule has 0 spiro atoms. The molecular weight excluding hydrogens is 238 g/mol. The lowest BCUT2D eigenvalue weighted by Gasteiger charge is -1.98. The van der Waals surface area contributed by atoms with Gasteiger partial charge in [-0.3, -0.25) is 0 Å².